The van der Waals surface area contributed by atoms with Crippen LogP contribution in [0.3, 0.4) is 0 Å². The number of oxazole rings is 1. The maximum atomic E-state index is 12.1. The molecule has 1 aromatic heterocycles. The molecular weight excluding hydrogens is 351 g/mol. The molecule has 0 aromatic carbocycles. The van der Waals surface area contributed by atoms with E-state index in [9.17, 15) is 4.79 Å². The lowest BCUT2D eigenvalue weighted by atomic mass is 9.98. The number of hydrogen-bond acceptors (Lipinski definition) is 5. The Balaban J connectivity index is 0.00000144. The molecule has 138 valence electrons. The molecule has 3 rings (SSSR count). The first-order valence-electron chi connectivity index (χ1n) is 8.35. The van der Waals surface area contributed by atoms with Crippen LogP contribution in [0.5, 0.6) is 0 Å². The molecule has 1 aromatic rings. The predicted octanol–water partition coefficient (Wildman–Crippen LogP) is 1.91. The minimum Gasteiger partial charge on any atom is -0.445 e. The highest BCUT2D eigenvalue weighted by Crippen LogP contribution is 2.18. The molecule has 2 unspecified atom stereocenters. The normalized spacial score (nSPS) is 24.0. The standard InChI is InChI=1S/C16H26N4O2.2ClH/c1-12-8-18-15(22-12)11-20-7-3-4-13(10-20)9-19-16(21)14-5-2-6-17-14;;/h8,13-14,17H,2-7,9-11H2,1H3,(H,19,21);2*1H. The minimum atomic E-state index is 0. The van der Waals surface area contributed by atoms with Crippen LogP contribution in [0.2, 0.25) is 0 Å². The third-order valence-corrected chi connectivity index (χ3v) is 4.57. The fraction of sp³-hybridized carbons (Fsp3) is 0.750. The first-order valence-corrected chi connectivity index (χ1v) is 8.35. The minimum absolute atomic E-state index is 0. The average Bonchev–Trinajstić information content (AvgIpc) is 3.17. The van der Waals surface area contributed by atoms with Crippen molar-refractivity contribution in [3.8, 4) is 0 Å². The maximum Gasteiger partial charge on any atom is 0.237 e. The van der Waals surface area contributed by atoms with Crippen LogP contribution in [-0.2, 0) is 11.3 Å². The Labute approximate surface area is 156 Å². The van der Waals surface area contributed by atoms with Gasteiger partial charge in [0.1, 0.15) is 5.76 Å². The molecule has 0 spiro atoms. The number of halogens is 2. The highest BCUT2D eigenvalue weighted by Gasteiger charge is 2.25. The molecule has 2 aliphatic heterocycles. The van der Waals surface area contributed by atoms with Gasteiger partial charge in [-0.25, -0.2) is 4.98 Å². The van der Waals surface area contributed by atoms with Gasteiger partial charge in [0.25, 0.3) is 0 Å². The lowest BCUT2D eigenvalue weighted by Gasteiger charge is -2.32. The zero-order valence-electron chi connectivity index (χ0n) is 14.1. The molecule has 2 N–H and O–H groups in total. The zero-order chi connectivity index (χ0) is 15.4. The predicted molar refractivity (Wildman–Crippen MR) is 97.8 cm³/mol. The summed E-state index contributed by atoms with van der Waals surface area (Å²) < 4.78 is 5.56. The van der Waals surface area contributed by atoms with Crippen LogP contribution in [0, 0.1) is 12.8 Å². The third kappa shape index (κ3) is 5.92. The van der Waals surface area contributed by atoms with Gasteiger partial charge < -0.3 is 15.1 Å². The highest BCUT2D eigenvalue weighted by atomic mass is 35.5. The van der Waals surface area contributed by atoms with E-state index < -0.39 is 0 Å². The average molecular weight is 379 g/mol. The summed E-state index contributed by atoms with van der Waals surface area (Å²) in [5.74, 6) is 2.34. The SMILES string of the molecule is Cc1cnc(CN2CCCC(CNC(=O)C3CCCN3)C2)o1.Cl.Cl. The smallest absolute Gasteiger partial charge is 0.237 e. The second-order valence-corrected chi connectivity index (χ2v) is 6.50. The van der Waals surface area contributed by atoms with E-state index >= 15 is 0 Å². The second-order valence-electron chi connectivity index (χ2n) is 6.50. The Morgan fingerprint density at radius 2 is 2.25 bits per heavy atom. The third-order valence-electron chi connectivity index (χ3n) is 4.57. The van der Waals surface area contributed by atoms with Crippen molar-refractivity contribution in [3.05, 3.63) is 17.8 Å². The second kappa shape index (κ2) is 10.2. The summed E-state index contributed by atoms with van der Waals surface area (Å²) in [5.41, 5.74) is 0. The van der Waals surface area contributed by atoms with E-state index in [0.29, 0.717) is 5.92 Å². The molecule has 8 heteroatoms. The molecule has 24 heavy (non-hydrogen) atoms. The maximum absolute atomic E-state index is 12.1. The van der Waals surface area contributed by atoms with Crippen molar-refractivity contribution < 1.29 is 9.21 Å². The van der Waals surface area contributed by atoms with Crippen LogP contribution in [-0.4, -0.2) is 48.0 Å². The van der Waals surface area contributed by atoms with Gasteiger partial charge in [0, 0.05) is 13.1 Å². The Morgan fingerprint density at radius 1 is 1.42 bits per heavy atom. The molecule has 2 atom stereocenters. The van der Waals surface area contributed by atoms with Gasteiger partial charge in [-0.15, -0.1) is 24.8 Å². The van der Waals surface area contributed by atoms with Crippen molar-refractivity contribution in [1.29, 1.82) is 0 Å². The quantitative estimate of drug-likeness (QED) is 0.818. The van der Waals surface area contributed by atoms with Gasteiger partial charge in [0.15, 0.2) is 0 Å². The van der Waals surface area contributed by atoms with Gasteiger partial charge in [0.05, 0.1) is 18.8 Å². The number of nitrogens with zero attached hydrogens (tertiary/aromatic N) is 2. The van der Waals surface area contributed by atoms with E-state index in [1.165, 1.54) is 12.8 Å². The number of carbonyl (C=O) groups excluding carboxylic acids is 1. The van der Waals surface area contributed by atoms with Crippen molar-refractivity contribution in [1.82, 2.24) is 20.5 Å². The molecule has 2 fully saturated rings. The lowest BCUT2D eigenvalue weighted by molar-refractivity contribution is -0.123. The first kappa shape index (κ1) is 21.2. The number of aryl methyl sites for hydroxylation is 1. The number of aromatic nitrogens is 1. The van der Waals surface area contributed by atoms with Crippen molar-refractivity contribution >= 4 is 30.7 Å². The molecule has 6 nitrogen and oxygen atoms in total. The van der Waals surface area contributed by atoms with Crippen molar-refractivity contribution in [3.63, 3.8) is 0 Å². The summed E-state index contributed by atoms with van der Waals surface area (Å²) in [6.07, 6.45) is 6.18. The van der Waals surface area contributed by atoms with Gasteiger partial charge in [-0.05, 0) is 51.6 Å². The van der Waals surface area contributed by atoms with Crippen LogP contribution in [0.25, 0.3) is 0 Å². The molecule has 2 aliphatic rings. The number of likely N-dealkylation sites (tertiary alicyclic amines) is 1. The molecule has 3 heterocycles. The van der Waals surface area contributed by atoms with E-state index in [1.807, 2.05) is 6.92 Å². The van der Waals surface area contributed by atoms with Gasteiger partial charge in [0.2, 0.25) is 11.8 Å². The highest BCUT2D eigenvalue weighted by molar-refractivity contribution is 5.85. The van der Waals surface area contributed by atoms with Crippen LogP contribution in [0.1, 0.15) is 37.3 Å². The van der Waals surface area contributed by atoms with Crippen molar-refractivity contribution in [2.75, 3.05) is 26.2 Å². The number of piperidine rings is 1. The van der Waals surface area contributed by atoms with Crippen LogP contribution in [0.4, 0.5) is 0 Å². The summed E-state index contributed by atoms with van der Waals surface area (Å²) in [5, 5.41) is 6.36. The lowest BCUT2D eigenvalue weighted by Crippen LogP contribution is -2.45. The van der Waals surface area contributed by atoms with Crippen LogP contribution < -0.4 is 10.6 Å². The summed E-state index contributed by atoms with van der Waals surface area (Å²) in [6, 6.07) is 0.0231. The number of carbonyl (C=O) groups is 1. The molecule has 0 bridgehead atoms. The van der Waals surface area contributed by atoms with Gasteiger partial charge in [-0.1, -0.05) is 0 Å². The molecular formula is C16H28Cl2N4O2. The Kier molecular flexibility index (Phi) is 9.05. The number of hydrogen-bond donors (Lipinski definition) is 2. The molecule has 2 saturated heterocycles. The zero-order valence-corrected chi connectivity index (χ0v) is 15.8. The Morgan fingerprint density at radius 3 is 2.92 bits per heavy atom. The molecule has 1 amide bonds. The fourth-order valence-electron chi connectivity index (χ4n) is 3.40. The summed E-state index contributed by atoms with van der Waals surface area (Å²) in [4.78, 5) is 18.7. The topological polar surface area (TPSA) is 70.4 Å². The summed E-state index contributed by atoms with van der Waals surface area (Å²) in [7, 11) is 0. The van der Waals surface area contributed by atoms with E-state index in [4.69, 9.17) is 4.42 Å². The molecule has 0 aliphatic carbocycles. The molecule has 0 radical (unpaired) electrons. The number of rotatable bonds is 5. The van der Waals surface area contributed by atoms with Crippen LogP contribution in [0.15, 0.2) is 10.6 Å². The van der Waals surface area contributed by atoms with Gasteiger partial charge >= 0.3 is 0 Å². The Bertz CT molecular complexity index is 506. The van der Waals surface area contributed by atoms with Crippen molar-refractivity contribution in [2.45, 2.75) is 45.2 Å². The van der Waals surface area contributed by atoms with Gasteiger partial charge in [-0.3, -0.25) is 9.69 Å². The van der Waals surface area contributed by atoms with E-state index in [0.717, 1.165) is 57.2 Å². The monoisotopic (exact) mass is 378 g/mol. The van der Waals surface area contributed by atoms with Gasteiger partial charge in [-0.2, -0.15) is 0 Å². The largest absolute Gasteiger partial charge is 0.445 e. The Hall–Kier alpha value is -0.820. The number of nitrogens with one attached hydrogen (secondary N) is 2. The number of amides is 1. The summed E-state index contributed by atoms with van der Waals surface area (Å²) in [6.45, 7) is 6.50. The first-order chi connectivity index (χ1) is 10.7. The molecule has 0 saturated carbocycles. The van der Waals surface area contributed by atoms with Crippen molar-refractivity contribution in [2.24, 2.45) is 5.92 Å². The van der Waals surface area contributed by atoms with E-state index in [-0.39, 0.29) is 36.8 Å². The van der Waals surface area contributed by atoms with Crippen LogP contribution >= 0.6 is 24.8 Å². The summed E-state index contributed by atoms with van der Waals surface area (Å²) >= 11 is 0. The fourth-order valence-corrected chi connectivity index (χ4v) is 3.40. The van der Waals surface area contributed by atoms with E-state index in [2.05, 4.69) is 20.5 Å². The van der Waals surface area contributed by atoms with E-state index in [1.54, 1.807) is 6.20 Å².